The van der Waals surface area contributed by atoms with Crippen LogP contribution in [0.2, 0.25) is 0 Å². The maximum Gasteiger partial charge on any atom is 0.311 e. The second kappa shape index (κ2) is 7.39. The van der Waals surface area contributed by atoms with Crippen molar-refractivity contribution in [3.63, 3.8) is 0 Å². The average molecular weight is 507 g/mol. The largest absolute Gasteiger partial charge is 0.469 e. The topological polar surface area (TPSA) is 72.1 Å². The highest BCUT2D eigenvalue weighted by Crippen LogP contribution is 2.74. The van der Waals surface area contributed by atoms with Crippen LogP contribution in [-0.4, -0.2) is 29.1 Å². The van der Waals surface area contributed by atoms with E-state index in [1.807, 2.05) is 6.20 Å². The van der Waals surface area contributed by atoms with Gasteiger partial charge in [-0.3, -0.25) is 14.7 Å². The highest BCUT2D eigenvalue weighted by molar-refractivity contribution is 5.96. The summed E-state index contributed by atoms with van der Waals surface area (Å²) in [6.45, 7) is 16.5. The Morgan fingerprint density at radius 3 is 2.43 bits per heavy atom. The third-order valence-corrected chi connectivity index (χ3v) is 13.3. The Hall–Kier alpha value is -1.91. The van der Waals surface area contributed by atoms with Gasteiger partial charge in [-0.25, -0.2) is 0 Å². The summed E-state index contributed by atoms with van der Waals surface area (Å²) >= 11 is 0. The third-order valence-electron chi connectivity index (χ3n) is 13.3. The fourth-order valence-electron chi connectivity index (χ4n) is 11.0. The van der Waals surface area contributed by atoms with Crippen LogP contribution in [0.15, 0.2) is 17.8 Å². The summed E-state index contributed by atoms with van der Waals surface area (Å²) in [6, 6.07) is 0. The highest BCUT2D eigenvalue weighted by atomic mass is 16.5. The van der Waals surface area contributed by atoms with E-state index in [4.69, 9.17) is 4.74 Å². The van der Waals surface area contributed by atoms with Crippen molar-refractivity contribution in [3.05, 3.63) is 29.1 Å². The number of nitrogens with one attached hydrogen (secondary N) is 1. The molecule has 1 aromatic heterocycles. The number of carbonyl (C=O) groups is 2. The Morgan fingerprint density at radius 2 is 1.73 bits per heavy atom. The van der Waals surface area contributed by atoms with Crippen LogP contribution in [0.25, 0.3) is 0 Å². The zero-order valence-electron chi connectivity index (χ0n) is 24.2. The van der Waals surface area contributed by atoms with Gasteiger partial charge in [0.05, 0.1) is 18.7 Å². The number of aromatic nitrogens is 2. The van der Waals surface area contributed by atoms with Gasteiger partial charge in [0.1, 0.15) is 0 Å². The van der Waals surface area contributed by atoms with Crippen LogP contribution in [0.1, 0.15) is 105 Å². The number of hydrogen-bond acceptors (Lipinski definition) is 4. The normalized spacial score (nSPS) is 47.9. The minimum atomic E-state index is -0.479. The molecule has 5 aliphatic carbocycles. The number of methoxy groups -OCH3 is 1. The molecule has 3 fully saturated rings. The van der Waals surface area contributed by atoms with E-state index in [0.717, 1.165) is 51.4 Å². The van der Waals surface area contributed by atoms with E-state index in [2.05, 4.69) is 64.7 Å². The molecule has 202 valence electrons. The van der Waals surface area contributed by atoms with Crippen molar-refractivity contribution < 1.29 is 14.3 Å². The van der Waals surface area contributed by atoms with Gasteiger partial charge in [-0.2, -0.15) is 5.10 Å². The highest BCUT2D eigenvalue weighted by Gasteiger charge is 2.70. The Bertz CT molecular complexity index is 1210. The number of H-pyrrole nitrogens is 1. The summed E-state index contributed by atoms with van der Waals surface area (Å²) in [5.74, 6) is 0.913. The van der Waals surface area contributed by atoms with Gasteiger partial charge in [0.15, 0.2) is 5.78 Å². The first-order valence-electron chi connectivity index (χ1n) is 14.5. The summed E-state index contributed by atoms with van der Waals surface area (Å²) in [7, 11) is 1.51. The number of fused-ring (bicyclic) bond motifs is 8. The summed E-state index contributed by atoms with van der Waals surface area (Å²) in [4.78, 5) is 27.4. The Labute approximate surface area is 222 Å². The monoisotopic (exact) mass is 506 g/mol. The number of aromatic amines is 1. The van der Waals surface area contributed by atoms with E-state index in [0.29, 0.717) is 11.7 Å². The number of carbonyl (C=O) groups excluding carboxylic acids is 2. The van der Waals surface area contributed by atoms with Crippen LogP contribution in [0.4, 0.5) is 0 Å². The Morgan fingerprint density at radius 1 is 1.03 bits per heavy atom. The number of hydrogen-bond donors (Lipinski definition) is 1. The average Bonchev–Trinajstić information content (AvgIpc) is 3.29. The van der Waals surface area contributed by atoms with E-state index < -0.39 is 5.41 Å². The molecule has 37 heavy (non-hydrogen) atoms. The zero-order valence-corrected chi connectivity index (χ0v) is 24.2. The van der Waals surface area contributed by atoms with Gasteiger partial charge in [-0.1, -0.05) is 47.1 Å². The number of allylic oxidation sites excluding steroid dienone is 2. The molecular weight excluding hydrogens is 460 g/mol. The summed E-state index contributed by atoms with van der Waals surface area (Å²) < 4.78 is 5.27. The second-order valence-corrected chi connectivity index (χ2v) is 15.4. The molecule has 1 heterocycles. The number of ketones is 1. The van der Waals surface area contributed by atoms with Gasteiger partial charge in [-0.05, 0) is 103 Å². The van der Waals surface area contributed by atoms with E-state index >= 15 is 0 Å². The first-order valence-corrected chi connectivity index (χ1v) is 14.5. The molecule has 0 saturated heterocycles. The van der Waals surface area contributed by atoms with Crippen molar-refractivity contribution >= 4 is 11.8 Å². The molecular formula is C32H46N2O3. The lowest BCUT2D eigenvalue weighted by Gasteiger charge is -2.69. The lowest BCUT2D eigenvalue weighted by Crippen LogP contribution is -2.66. The minimum absolute atomic E-state index is 0.00485. The zero-order chi connectivity index (χ0) is 26.8. The molecule has 6 rings (SSSR count). The molecule has 5 nitrogen and oxygen atoms in total. The van der Waals surface area contributed by atoms with E-state index in [9.17, 15) is 9.59 Å². The van der Waals surface area contributed by atoms with Gasteiger partial charge in [0.25, 0.3) is 0 Å². The molecule has 5 aliphatic rings. The Kier molecular flexibility index (Phi) is 5.06. The number of esters is 1. The molecule has 0 spiro atoms. The second-order valence-electron chi connectivity index (χ2n) is 15.4. The summed E-state index contributed by atoms with van der Waals surface area (Å²) in [6.07, 6.45) is 12.2. The Balaban J connectivity index is 1.47. The molecule has 0 radical (unpaired) electrons. The standard InChI is InChI=1S/C32H46N2O3/c1-27(2)23-9-10-32(7)24(30(23,5)16-19-18-33-34-25(19)27)22(35)15-20-21-17-29(4,26(36)37-8)12-11-28(21,3)13-14-31(20,32)6/h15,18,21,23-24H,9-14,16-17H2,1-8H3,(H,33,34)/t21-,23+,24+,28+,29-,30-,31+,32+/m0/s1. The van der Waals surface area contributed by atoms with Crippen LogP contribution < -0.4 is 0 Å². The van der Waals surface area contributed by atoms with Crippen molar-refractivity contribution in [1.82, 2.24) is 10.2 Å². The van der Waals surface area contributed by atoms with Crippen LogP contribution in [0.3, 0.4) is 0 Å². The molecule has 0 aliphatic heterocycles. The van der Waals surface area contributed by atoms with E-state index in [-0.39, 0.29) is 44.9 Å². The lowest BCUT2D eigenvalue weighted by atomic mass is 9.33. The van der Waals surface area contributed by atoms with Crippen molar-refractivity contribution in [2.75, 3.05) is 7.11 Å². The molecule has 1 N–H and O–H groups in total. The van der Waals surface area contributed by atoms with E-state index in [1.54, 1.807) is 0 Å². The fraction of sp³-hybridized carbons (Fsp3) is 0.781. The molecule has 0 unspecified atom stereocenters. The van der Waals surface area contributed by atoms with Gasteiger partial charge in [0, 0.05) is 17.0 Å². The molecule has 1 aromatic rings. The van der Waals surface area contributed by atoms with Crippen LogP contribution >= 0.6 is 0 Å². The molecule has 3 saturated carbocycles. The van der Waals surface area contributed by atoms with Gasteiger partial charge < -0.3 is 4.74 Å². The van der Waals surface area contributed by atoms with Crippen molar-refractivity contribution in [1.29, 1.82) is 0 Å². The molecule has 5 heteroatoms. The van der Waals surface area contributed by atoms with Gasteiger partial charge >= 0.3 is 5.97 Å². The number of ether oxygens (including phenoxy) is 1. The van der Waals surface area contributed by atoms with Crippen LogP contribution in [-0.2, 0) is 26.2 Å². The predicted octanol–water partition coefficient (Wildman–Crippen LogP) is 6.58. The maximum absolute atomic E-state index is 14.5. The third kappa shape index (κ3) is 2.95. The van der Waals surface area contributed by atoms with Gasteiger partial charge in [0.2, 0.25) is 0 Å². The molecule has 8 atom stereocenters. The fourth-order valence-corrected chi connectivity index (χ4v) is 11.0. The molecule has 0 bridgehead atoms. The SMILES string of the molecule is COC(=O)[C@@]1(C)CC[C@]2(C)CC[C@]3(C)C(=CC(=O)[C@@H]4[C@@]5(C)Cc6cn[nH]c6C(C)(C)[C@H]5CC[C@]43C)[C@@H]2C1. The first kappa shape index (κ1) is 25.4. The lowest BCUT2D eigenvalue weighted by molar-refractivity contribution is -0.174. The first-order chi connectivity index (χ1) is 17.2. The number of rotatable bonds is 1. The molecule has 0 aromatic carbocycles. The summed E-state index contributed by atoms with van der Waals surface area (Å²) in [5, 5.41) is 7.75. The smallest absolute Gasteiger partial charge is 0.311 e. The quantitative estimate of drug-likeness (QED) is 0.437. The van der Waals surface area contributed by atoms with Crippen molar-refractivity contribution in [2.24, 2.45) is 44.8 Å². The minimum Gasteiger partial charge on any atom is -0.469 e. The van der Waals surface area contributed by atoms with Crippen molar-refractivity contribution in [2.45, 2.75) is 105 Å². The molecule has 0 amide bonds. The van der Waals surface area contributed by atoms with Crippen LogP contribution in [0, 0.1) is 44.8 Å². The van der Waals surface area contributed by atoms with Crippen molar-refractivity contribution in [3.8, 4) is 0 Å². The number of nitrogens with zero attached hydrogens (tertiary/aromatic N) is 1. The van der Waals surface area contributed by atoms with Crippen LogP contribution in [0.5, 0.6) is 0 Å². The maximum atomic E-state index is 14.5. The predicted molar refractivity (Wildman–Crippen MR) is 144 cm³/mol. The van der Waals surface area contributed by atoms with Gasteiger partial charge in [-0.15, -0.1) is 0 Å². The van der Waals surface area contributed by atoms with E-state index in [1.165, 1.54) is 23.9 Å². The summed E-state index contributed by atoms with van der Waals surface area (Å²) in [5.41, 5.74) is 3.28.